The van der Waals surface area contributed by atoms with Crippen LogP contribution in [-0.4, -0.2) is 31.6 Å². The minimum atomic E-state index is -3.01. The van der Waals surface area contributed by atoms with Crippen molar-refractivity contribution in [3.63, 3.8) is 0 Å². The predicted molar refractivity (Wildman–Crippen MR) is 106 cm³/mol. The molecule has 156 valence electrons. The van der Waals surface area contributed by atoms with Crippen LogP contribution in [0.4, 0.5) is 14.5 Å². The molecule has 9 heteroatoms. The lowest BCUT2D eigenvalue weighted by atomic mass is 10.0. The number of alkyl halides is 2. The fourth-order valence-corrected chi connectivity index (χ4v) is 2.72. The molecule has 0 aliphatic heterocycles. The van der Waals surface area contributed by atoms with Crippen LogP contribution in [0, 0.1) is 5.92 Å². The van der Waals surface area contributed by atoms with Gasteiger partial charge >= 0.3 is 6.61 Å². The SMILES string of the molecule is COc1ccc(C(=O)NC(C(=O)Nc2ccc(OC(F)F)c(Cl)c2)C(C)C)cc1. The average molecular weight is 427 g/mol. The van der Waals surface area contributed by atoms with Crippen molar-refractivity contribution >= 4 is 29.1 Å². The molecule has 2 N–H and O–H groups in total. The predicted octanol–water partition coefficient (Wildman–Crippen LogP) is 4.34. The number of carbonyl (C=O) groups is 2. The Morgan fingerprint density at radius 2 is 1.72 bits per heavy atom. The maximum atomic E-state index is 12.7. The summed E-state index contributed by atoms with van der Waals surface area (Å²) in [5, 5.41) is 5.23. The van der Waals surface area contributed by atoms with Gasteiger partial charge in [0.15, 0.2) is 0 Å². The number of amides is 2. The summed E-state index contributed by atoms with van der Waals surface area (Å²) >= 11 is 5.90. The molecular weight excluding hydrogens is 406 g/mol. The van der Waals surface area contributed by atoms with Gasteiger partial charge in [-0.25, -0.2) is 0 Å². The number of carbonyl (C=O) groups excluding carboxylic acids is 2. The lowest BCUT2D eigenvalue weighted by Crippen LogP contribution is -2.47. The van der Waals surface area contributed by atoms with Gasteiger partial charge in [-0.1, -0.05) is 25.4 Å². The normalized spacial score (nSPS) is 11.9. The van der Waals surface area contributed by atoms with Crippen molar-refractivity contribution in [2.75, 3.05) is 12.4 Å². The fraction of sp³-hybridized carbons (Fsp3) is 0.300. The van der Waals surface area contributed by atoms with E-state index >= 15 is 0 Å². The van der Waals surface area contributed by atoms with Crippen LogP contribution in [0.5, 0.6) is 11.5 Å². The fourth-order valence-electron chi connectivity index (χ4n) is 2.49. The number of benzene rings is 2. The topological polar surface area (TPSA) is 76.7 Å². The van der Waals surface area contributed by atoms with Gasteiger partial charge in [-0.2, -0.15) is 8.78 Å². The van der Waals surface area contributed by atoms with Crippen LogP contribution in [0.3, 0.4) is 0 Å². The first-order valence-electron chi connectivity index (χ1n) is 8.71. The number of hydrogen-bond donors (Lipinski definition) is 2. The Labute approximate surface area is 172 Å². The second-order valence-electron chi connectivity index (χ2n) is 6.44. The maximum absolute atomic E-state index is 12.7. The Kier molecular flexibility index (Phi) is 7.78. The van der Waals surface area contributed by atoms with Gasteiger partial charge in [0.1, 0.15) is 17.5 Å². The molecule has 1 atom stereocenters. The molecule has 0 aliphatic carbocycles. The molecule has 0 aliphatic rings. The number of rotatable bonds is 8. The molecule has 0 radical (unpaired) electrons. The summed E-state index contributed by atoms with van der Waals surface area (Å²) in [7, 11) is 1.52. The van der Waals surface area contributed by atoms with Gasteiger partial charge in [0.25, 0.3) is 5.91 Å². The van der Waals surface area contributed by atoms with Gasteiger partial charge in [0, 0.05) is 11.3 Å². The number of nitrogens with one attached hydrogen (secondary N) is 2. The maximum Gasteiger partial charge on any atom is 0.387 e. The van der Waals surface area contributed by atoms with Crippen LogP contribution in [0.2, 0.25) is 5.02 Å². The first-order valence-corrected chi connectivity index (χ1v) is 9.09. The minimum Gasteiger partial charge on any atom is -0.497 e. The van der Waals surface area contributed by atoms with Crippen molar-refractivity contribution in [1.82, 2.24) is 5.32 Å². The lowest BCUT2D eigenvalue weighted by molar-refractivity contribution is -0.118. The van der Waals surface area contributed by atoms with Crippen molar-refractivity contribution in [1.29, 1.82) is 0 Å². The van der Waals surface area contributed by atoms with E-state index in [1.807, 2.05) is 0 Å². The van der Waals surface area contributed by atoms with E-state index in [1.165, 1.54) is 25.3 Å². The number of ether oxygens (including phenoxy) is 2. The van der Waals surface area contributed by atoms with Gasteiger partial charge in [0.2, 0.25) is 5.91 Å². The van der Waals surface area contributed by atoms with Crippen LogP contribution < -0.4 is 20.1 Å². The minimum absolute atomic E-state index is 0.0773. The van der Waals surface area contributed by atoms with Crippen LogP contribution in [-0.2, 0) is 4.79 Å². The summed E-state index contributed by atoms with van der Waals surface area (Å²) in [5.41, 5.74) is 0.659. The van der Waals surface area contributed by atoms with Crippen LogP contribution in [0.25, 0.3) is 0 Å². The molecular formula is C20H21ClF2N2O4. The van der Waals surface area contributed by atoms with Crippen molar-refractivity contribution < 1.29 is 27.8 Å². The largest absolute Gasteiger partial charge is 0.497 e. The van der Waals surface area contributed by atoms with Crippen LogP contribution in [0.1, 0.15) is 24.2 Å². The lowest BCUT2D eigenvalue weighted by Gasteiger charge is -2.22. The summed E-state index contributed by atoms with van der Waals surface area (Å²) in [5.74, 6) is -0.696. The summed E-state index contributed by atoms with van der Waals surface area (Å²) in [6.45, 7) is 0.558. The average Bonchev–Trinajstić information content (AvgIpc) is 2.67. The number of halogens is 3. The van der Waals surface area contributed by atoms with Gasteiger partial charge < -0.3 is 20.1 Å². The molecule has 29 heavy (non-hydrogen) atoms. The van der Waals surface area contributed by atoms with Gasteiger partial charge in [-0.15, -0.1) is 0 Å². The monoisotopic (exact) mass is 426 g/mol. The smallest absolute Gasteiger partial charge is 0.387 e. The molecule has 0 spiro atoms. The van der Waals surface area contributed by atoms with Gasteiger partial charge in [-0.05, 0) is 48.4 Å². The summed E-state index contributed by atoms with van der Waals surface area (Å²) < 4.78 is 33.9. The van der Waals surface area contributed by atoms with E-state index in [0.717, 1.165) is 0 Å². The molecule has 0 aromatic heterocycles. The van der Waals surface area contributed by atoms with Crippen molar-refractivity contribution in [3.8, 4) is 11.5 Å². The zero-order valence-corrected chi connectivity index (χ0v) is 16.8. The molecule has 2 rings (SSSR count). The third kappa shape index (κ3) is 6.32. The van der Waals surface area contributed by atoms with E-state index in [1.54, 1.807) is 38.1 Å². The van der Waals surface area contributed by atoms with E-state index in [0.29, 0.717) is 11.3 Å². The Balaban J connectivity index is 2.08. The summed E-state index contributed by atoms with van der Waals surface area (Å²) in [4.78, 5) is 25.1. The molecule has 6 nitrogen and oxygen atoms in total. The molecule has 1 unspecified atom stereocenters. The van der Waals surface area contributed by atoms with E-state index < -0.39 is 24.5 Å². The molecule has 0 heterocycles. The zero-order chi connectivity index (χ0) is 21.6. The molecule has 0 fully saturated rings. The second kappa shape index (κ2) is 10.1. The van der Waals surface area contributed by atoms with Crippen molar-refractivity contribution in [3.05, 3.63) is 53.1 Å². The van der Waals surface area contributed by atoms with E-state index in [2.05, 4.69) is 15.4 Å². The van der Waals surface area contributed by atoms with Crippen LogP contribution in [0.15, 0.2) is 42.5 Å². The Morgan fingerprint density at radius 1 is 1.07 bits per heavy atom. The van der Waals surface area contributed by atoms with Crippen molar-refractivity contribution in [2.24, 2.45) is 5.92 Å². The third-order valence-electron chi connectivity index (χ3n) is 4.00. The van der Waals surface area contributed by atoms with Gasteiger partial charge in [0.05, 0.1) is 12.1 Å². The van der Waals surface area contributed by atoms with Crippen molar-refractivity contribution in [2.45, 2.75) is 26.5 Å². The molecule has 0 saturated heterocycles. The first-order chi connectivity index (χ1) is 13.7. The Morgan fingerprint density at radius 3 is 2.24 bits per heavy atom. The number of methoxy groups -OCH3 is 1. The van der Waals surface area contributed by atoms with Crippen LogP contribution >= 0.6 is 11.6 Å². The molecule has 2 aromatic rings. The Hall–Kier alpha value is -2.87. The quantitative estimate of drug-likeness (QED) is 0.658. The number of hydrogen-bond acceptors (Lipinski definition) is 4. The molecule has 0 saturated carbocycles. The highest BCUT2D eigenvalue weighted by Crippen LogP contribution is 2.29. The zero-order valence-electron chi connectivity index (χ0n) is 16.0. The first kappa shape index (κ1) is 22.4. The highest BCUT2D eigenvalue weighted by molar-refractivity contribution is 6.32. The molecule has 2 amide bonds. The third-order valence-corrected chi connectivity index (χ3v) is 4.30. The van der Waals surface area contributed by atoms with Gasteiger partial charge in [-0.3, -0.25) is 9.59 Å². The van der Waals surface area contributed by atoms with E-state index in [4.69, 9.17) is 16.3 Å². The number of anilines is 1. The van der Waals surface area contributed by atoms with E-state index in [-0.39, 0.29) is 22.4 Å². The Bertz CT molecular complexity index is 860. The molecule has 0 bridgehead atoms. The second-order valence-corrected chi connectivity index (χ2v) is 6.84. The van der Waals surface area contributed by atoms with E-state index in [9.17, 15) is 18.4 Å². The summed E-state index contributed by atoms with van der Waals surface area (Å²) in [6.07, 6.45) is 0. The highest BCUT2D eigenvalue weighted by atomic mass is 35.5. The standard InChI is InChI=1S/C20H21ClF2N2O4/c1-11(2)17(25-18(26)12-4-7-14(28-3)8-5-12)19(27)24-13-6-9-16(15(21)10-13)29-20(22)23/h4-11,17,20H,1-3H3,(H,24,27)(H,25,26). The summed E-state index contributed by atoms with van der Waals surface area (Å²) in [6, 6.07) is 9.53. The molecule has 2 aromatic carbocycles. The highest BCUT2D eigenvalue weighted by Gasteiger charge is 2.25.